The summed E-state index contributed by atoms with van der Waals surface area (Å²) in [7, 11) is 0. The summed E-state index contributed by atoms with van der Waals surface area (Å²) < 4.78 is -0.447. The van der Waals surface area contributed by atoms with Gasteiger partial charge in [-0.25, -0.2) is 0 Å². The number of primary amides is 1. The van der Waals surface area contributed by atoms with Gasteiger partial charge in [-0.15, -0.1) is 11.8 Å². The van der Waals surface area contributed by atoms with Gasteiger partial charge in [0.25, 0.3) is 0 Å². The third-order valence-electron chi connectivity index (χ3n) is 6.70. The molecular weight excluding hydrogens is 430 g/mol. The maximum atomic E-state index is 13.5. The number of amides is 2. The minimum atomic E-state index is -0.744. The number of carbonyl (C=O) groups excluding carboxylic acids is 2. The summed E-state index contributed by atoms with van der Waals surface area (Å²) in [5.41, 5.74) is 8.09. The molecule has 0 saturated carbocycles. The highest BCUT2D eigenvalue weighted by molar-refractivity contribution is 8.01. The van der Waals surface area contributed by atoms with E-state index in [0.29, 0.717) is 0 Å². The van der Waals surface area contributed by atoms with Gasteiger partial charge in [0.1, 0.15) is 17.5 Å². The minimum Gasteiger partial charge on any atom is -0.368 e. The van der Waals surface area contributed by atoms with Gasteiger partial charge in [0.2, 0.25) is 11.8 Å². The number of thioether (sulfide) groups is 1. The molecule has 2 amide bonds. The first-order valence-electron chi connectivity index (χ1n) is 11.1. The first kappa shape index (κ1) is 21.7. The maximum Gasteiger partial charge on any atom is 0.244 e. The fourth-order valence-corrected chi connectivity index (χ4v) is 6.90. The van der Waals surface area contributed by atoms with Crippen molar-refractivity contribution in [3.05, 3.63) is 108 Å². The van der Waals surface area contributed by atoms with Crippen molar-refractivity contribution in [1.29, 1.82) is 0 Å². The van der Waals surface area contributed by atoms with Crippen molar-refractivity contribution in [1.82, 2.24) is 10.2 Å². The topological polar surface area (TPSA) is 75.4 Å². The SMILES string of the molecule is CC1(C)S[C@@H]2C(NC(c3ccccc3)(c3ccccc3)c3ccccc3)C(=O)N2C1C(N)=O. The summed E-state index contributed by atoms with van der Waals surface area (Å²) in [4.78, 5) is 27.3. The van der Waals surface area contributed by atoms with Gasteiger partial charge in [-0.2, -0.15) is 0 Å². The molecule has 2 unspecified atom stereocenters. The van der Waals surface area contributed by atoms with Gasteiger partial charge in [0.15, 0.2) is 0 Å². The molecule has 2 aliphatic rings. The van der Waals surface area contributed by atoms with Crippen molar-refractivity contribution in [2.45, 2.75) is 41.6 Å². The molecular formula is C27H27N3O2S. The second kappa shape index (κ2) is 8.04. The Bertz CT molecular complexity index is 1070. The number of hydrogen-bond acceptors (Lipinski definition) is 4. The van der Waals surface area contributed by atoms with E-state index in [-0.39, 0.29) is 11.3 Å². The largest absolute Gasteiger partial charge is 0.368 e. The number of nitrogens with two attached hydrogens (primary N) is 1. The summed E-state index contributed by atoms with van der Waals surface area (Å²) in [6.45, 7) is 3.96. The Kier molecular flexibility index (Phi) is 5.30. The number of carbonyl (C=O) groups is 2. The van der Waals surface area contributed by atoms with E-state index in [1.165, 1.54) is 0 Å². The smallest absolute Gasteiger partial charge is 0.244 e. The molecule has 6 heteroatoms. The number of nitrogens with zero attached hydrogens (tertiary/aromatic N) is 1. The van der Waals surface area contributed by atoms with Crippen molar-refractivity contribution in [3.8, 4) is 0 Å². The number of hydrogen-bond donors (Lipinski definition) is 2. The Hall–Kier alpha value is -3.09. The van der Waals surface area contributed by atoms with Crippen molar-refractivity contribution in [2.24, 2.45) is 5.73 Å². The van der Waals surface area contributed by atoms with Gasteiger partial charge >= 0.3 is 0 Å². The van der Waals surface area contributed by atoms with Gasteiger partial charge in [-0.3, -0.25) is 14.9 Å². The highest BCUT2D eigenvalue weighted by atomic mass is 32.2. The first-order valence-corrected chi connectivity index (χ1v) is 12.0. The molecule has 2 aliphatic heterocycles. The van der Waals surface area contributed by atoms with E-state index in [2.05, 4.69) is 41.7 Å². The molecule has 0 aromatic heterocycles. The number of rotatable bonds is 6. The molecule has 5 nitrogen and oxygen atoms in total. The van der Waals surface area contributed by atoms with Crippen LogP contribution in [0, 0.1) is 0 Å². The summed E-state index contributed by atoms with van der Waals surface area (Å²) >= 11 is 1.63. The van der Waals surface area contributed by atoms with Crippen LogP contribution in [-0.2, 0) is 15.1 Å². The van der Waals surface area contributed by atoms with E-state index >= 15 is 0 Å². The number of β-lactam (4-membered cyclic amide) rings is 1. The molecule has 0 aliphatic carbocycles. The van der Waals surface area contributed by atoms with Crippen LogP contribution in [-0.4, -0.2) is 38.9 Å². The zero-order valence-corrected chi connectivity index (χ0v) is 19.5. The van der Waals surface area contributed by atoms with Crippen molar-refractivity contribution < 1.29 is 9.59 Å². The second-order valence-corrected chi connectivity index (χ2v) is 10.9. The first-order chi connectivity index (χ1) is 15.9. The number of fused-ring (bicyclic) bond motifs is 1. The lowest BCUT2D eigenvalue weighted by Gasteiger charge is -2.49. The van der Waals surface area contributed by atoms with E-state index in [9.17, 15) is 9.59 Å². The summed E-state index contributed by atoms with van der Waals surface area (Å²) in [5, 5.41) is 3.60. The third-order valence-corrected chi connectivity index (χ3v) is 8.27. The Morgan fingerprint density at radius 3 is 1.70 bits per heavy atom. The van der Waals surface area contributed by atoms with Gasteiger partial charge in [0.05, 0.1) is 5.54 Å². The molecule has 0 bridgehead atoms. The maximum absolute atomic E-state index is 13.5. The minimum absolute atomic E-state index is 0.0888. The van der Waals surface area contributed by atoms with E-state index in [4.69, 9.17) is 5.73 Å². The quantitative estimate of drug-likeness (QED) is 0.439. The lowest BCUT2D eigenvalue weighted by atomic mass is 9.76. The van der Waals surface area contributed by atoms with Gasteiger partial charge in [0, 0.05) is 4.75 Å². The van der Waals surface area contributed by atoms with E-state index in [0.717, 1.165) is 16.7 Å². The lowest BCUT2D eigenvalue weighted by molar-refractivity contribution is -0.153. The van der Waals surface area contributed by atoms with Gasteiger partial charge in [-0.05, 0) is 30.5 Å². The molecule has 2 heterocycles. The summed E-state index contributed by atoms with van der Waals surface area (Å²) in [5.74, 6) is -0.545. The van der Waals surface area contributed by atoms with Crippen LogP contribution in [0.3, 0.4) is 0 Å². The van der Waals surface area contributed by atoms with Gasteiger partial charge in [-0.1, -0.05) is 91.0 Å². The van der Waals surface area contributed by atoms with Crippen LogP contribution < -0.4 is 11.1 Å². The standard InChI is InChI=1S/C27H27N3O2S/c1-26(2)22(23(28)31)30-24(32)21(25(30)33-26)29-27(18-12-6-3-7-13-18,19-14-8-4-9-15-19)20-16-10-5-11-17-20/h3-17,21-22,25,29H,1-2H3,(H2,28,31)/t21?,22?,25-/m1/s1. The van der Waals surface area contributed by atoms with Gasteiger partial charge < -0.3 is 10.6 Å². The number of benzene rings is 3. The highest BCUT2D eigenvalue weighted by Crippen LogP contribution is 2.52. The predicted octanol–water partition coefficient (Wildman–Crippen LogP) is 3.48. The van der Waals surface area contributed by atoms with Crippen molar-refractivity contribution in [2.75, 3.05) is 0 Å². The van der Waals surface area contributed by atoms with Crippen LogP contribution in [0.15, 0.2) is 91.0 Å². The van der Waals surface area contributed by atoms with E-state index in [1.807, 2.05) is 68.4 Å². The Morgan fingerprint density at radius 1 is 0.879 bits per heavy atom. The molecule has 3 atom stereocenters. The van der Waals surface area contributed by atoms with Crippen molar-refractivity contribution in [3.63, 3.8) is 0 Å². The summed E-state index contributed by atoms with van der Waals surface area (Å²) in [6, 6.07) is 29.5. The molecule has 33 heavy (non-hydrogen) atoms. The van der Waals surface area contributed by atoms with Crippen LogP contribution in [0.2, 0.25) is 0 Å². The third kappa shape index (κ3) is 3.36. The zero-order chi connectivity index (χ0) is 23.2. The molecule has 2 fully saturated rings. The molecule has 3 aromatic rings. The zero-order valence-electron chi connectivity index (χ0n) is 18.6. The fourth-order valence-electron chi connectivity index (χ4n) is 5.26. The average molecular weight is 458 g/mol. The van der Waals surface area contributed by atoms with Crippen LogP contribution in [0.5, 0.6) is 0 Å². The van der Waals surface area contributed by atoms with Crippen molar-refractivity contribution >= 4 is 23.6 Å². The normalized spacial score (nSPS) is 23.6. The molecule has 3 N–H and O–H groups in total. The Morgan fingerprint density at radius 2 is 1.30 bits per heavy atom. The monoisotopic (exact) mass is 457 g/mol. The Balaban J connectivity index is 1.64. The van der Waals surface area contributed by atoms with Crippen LogP contribution >= 0.6 is 11.8 Å². The molecule has 0 spiro atoms. The molecule has 5 rings (SSSR count). The molecule has 2 saturated heterocycles. The predicted molar refractivity (Wildman–Crippen MR) is 131 cm³/mol. The average Bonchev–Trinajstić information content (AvgIpc) is 3.09. The highest BCUT2D eigenvalue weighted by Gasteiger charge is 2.64. The molecule has 0 radical (unpaired) electrons. The van der Waals surface area contributed by atoms with Crippen LogP contribution in [0.1, 0.15) is 30.5 Å². The fraction of sp³-hybridized carbons (Fsp3) is 0.259. The molecule has 168 valence electrons. The van der Waals surface area contributed by atoms with E-state index in [1.54, 1.807) is 16.7 Å². The lowest BCUT2D eigenvalue weighted by Crippen LogP contribution is -2.73. The summed E-state index contributed by atoms with van der Waals surface area (Å²) in [6.07, 6.45) is 0. The Labute approximate surface area is 198 Å². The number of nitrogens with one attached hydrogen (secondary N) is 1. The molecule has 3 aromatic carbocycles. The van der Waals surface area contributed by atoms with Crippen LogP contribution in [0.25, 0.3) is 0 Å². The van der Waals surface area contributed by atoms with Crippen LogP contribution in [0.4, 0.5) is 0 Å². The van der Waals surface area contributed by atoms with E-state index < -0.39 is 28.3 Å². The second-order valence-electron chi connectivity index (χ2n) is 9.13.